The molecule has 0 atom stereocenters. The van der Waals surface area contributed by atoms with E-state index in [4.69, 9.17) is 9.40 Å². The SMILES string of the molecule is CCCCCc1nc2ccccn2c1Sc1cc(=O)oc2ccccc12. The van der Waals surface area contributed by atoms with Crippen molar-refractivity contribution in [3.05, 3.63) is 70.8 Å². The van der Waals surface area contributed by atoms with Gasteiger partial charge in [0.1, 0.15) is 16.3 Å². The Morgan fingerprint density at radius 2 is 1.96 bits per heavy atom. The Hall–Kier alpha value is -2.53. The zero-order chi connectivity index (χ0) is 17.9. The fourth-order valence-corrected chi connectivity index (χ4v) is 4.27. The van der Waals surface area contributed by atoms with Gasteiger partial charge in [-0.25, -0.2) is 9.78 Å². The van der Waals surface area contributed by atoms with Crippen LogP contribution in [0.2, 0.25) is 0 Å². The van der Waals surface area contributed by atoms with Crippen LogP contribution in [0.4, 0.5) is 0 Å². The summed E-state index contributed by atoms with van der Waals surface area (Å²) >= 11 is 1.59. The highest BCUT2D eigenvalue weighted by Gasteiger charge is 2.15. The molecule has 4 rings (SSSR count). The molecule has 132 valence electrons. The van der Waals surface area contributed by atoms with E-state index in [1.807, 2.05) is 48.7 Å². The van der Waals surface area contributed by atoms with Gasteiger partial charge in [-0.1, -0.05) is 55.8 Å². The van der Waals surface area contributed by atoms with Gasteiger partial charge in [-0.3, -0.25) is 4.40 Å². The monoisotopic (exact) mass is 364 g/mol. The molecule has 5 heteroatoms. The molecular formula is C21H20N2O2S. The first kappa shape index (κ1) is 16.9. The summed E-state index contributed by atoms with van der Waals surface area (Å²) in [7, 11) is 0. The molecule has 0 aliphatic heterocycles. The van der Waals surface area contributed by atoms with E-state index in [0.29, 0.717) is 5.58 Å². The second-order valence-electron chi connectivity index (χ2n) is 6.28. The maximum Gasteiger partial charge on any atom is 0.337 e. The van der Waals surface area contributed by atoms with Crippen molar-refractivity contribution in [3.8, 4) is 0 Å². The summed E-state index contributed by atoms with van der Waals surface area (Å²) in [6.07, 6.45) is 6.46. The Balaban J connectivity index is 1.82. The van der Waals surface area contributed by atoms with Gasteiger partial charge in [-0.05, 0) is 31.0 Å². The number of benzene rings is 1. The van der Waals surface area contributed by atoms with Crippen LogP contribution < -0.4 is 5.63 Å². The topological polar surface area (TPSA) is 47.5 Å². The number of fused-ring (bicyclic) bond motifs is 2. The molecule has 0 fully saturated rings. The van der Waals surface area contributed by atoms with Gasteiger partial charge in [-0.15, -0.1) is 0 Å². The van der Waals surface area contributed by atoms with Crippen molar-refractivity contribution in [1.82, 2.24) is 9.38 Å². The van der Waals surface area contributed by atoms with E-state index < -0.39 is 0 Å². The standard InChI is InChI=1S/C21H20N2O2S/c1-2-3-4-10-16-21(23-13-8-7-12-19(23)22-16)26-18-14-20(24)25-17-11-6-5-9-15(17)18/h5-9,11-14H,2-4,10H2,1H3. The molecule has 0 bridgehead atoms. The molecule has 1 aromatic carbocycles. The van der Waals surface area contributed by atoms with Crippen molar-refractivity contribution >= 4 is 28.4 Å². The molecule has 3 heterocycles. The number of pyridine rings is 1. The number of aromatic nitrogens is 2. The van der Waals surface area contributed by atoms with Crippen LogP contribution in [0.5, 0.6) is 0 Å². The molecule has 26 heavy (non-hydrogen) atoms. The fraction of sp³-hybridized carbons (Fsp3) is 0.238. The molecule has 0 amide bonds. The summed E-state index contributed by atoms with van der Waals surface area (Å²) in [5.41, 5.74) is 2.32. The minimum Gasteiger partial charge on any atom is -0.423 e. The molecule has 0 radical (unpaired) electrons. The number of rotatable bonds is 6. The molecule has 0 spiro atoms. The number of aryl methyl sites for hydroxylation is 1. The van der Waals surface area contributed by atoms with E-state index in [0.717, 1.165) is 39.5 Å². The third kappa shape index (κ3) is 3.27. The third-order valence-electron chi connectivity index (χ3n) is 4.39. The van der Waals surface area contributed by atoms with Gasteiger partial charge in [0.25, 0.3) is 0 Å². The van der Waals surface area contributed by atoms with Crippen LogP contribution in [-0.4, -0.2) is 9.38 Å². The molecule has 0 N–H and O–H groups in total. The summed E-state index contributed by atoms with van der Waals surface area (Å²) in [5.74, 6) is 0. The summed E-state index contributed by atoms with van der Waals surface area (Å²) < 4.78 is 7.43. The third-order valence-corrected chi connectivity index (χ3v) is 5.57. The maximum atomic E-state index is 12.0. The van der Waals surface area contributed by atoms with Gasteiger partial charge < -0.3 is 4.42 Å². The van der Waals surface area contributed by atoms with E-state index in [1.165, 1.54) is 12.8 Å². The molecule has 0 unspecified atom stereocenters. The van der Waals surface area contributed by atoms with Crippen molar-refractivity contribution in [3.63, 3.8) is 0 Å². The molecule has 0 saturated carbocycles. The number of imidazole rings is 1. The first-order valence-electron chi connectivity index (χ1n) is 8.93. The normalized spacial score (nSPS) is 11.4. The lowest BCUT2D eigenvalue weighted by atomic mass is 10.2. The van der Waals surface area contributed by atoms with Crippen molar-refractivity contribution < 1.29 is 4.42 Å². The Labute approximate surface area is 155 Å². The van der Waals surface area contributed by atoms with Crippen LogP contribution in [-0.2, 0) is 6.42 Å². The van der Waals surface area contributed by atoms with Crippen LogP contribution in [0.1, 0.15) is 31.9 Å². The second-order valence-corrected chi connectivity index (χ2v) is 7.31. The highest BCUT2D eigenvalue weighted by molar-refractivity contribution is 7.99. The Morgan fingerprint density at radius 1 is 1.12 bits per heavy atom. The van der Waals surface area contributed by atoms with Crippen LogP contribution in [0.25, 0.3) is 16.6 Å². The number of para-hydroxylation sites is 1. The number of hydrogen-bond acceptors (Lipinski definition) is 4. The lowest BCUT2D eigenvalue weighted by Crippen LogP contribution is -1.98. The first-order chi connectivity index (χ1) is 12.8. The maximum absolute atomic E-state index is 12.0. The molecule has 0 saturated heterocycles. The van der Waals surface area contributed by atoms with Crippen molar-refractivity contribution in [2.24, 2.45) is 0 Å². The molecule has 4 nitrogen and oxygen atoms in total. The summed E-state index contributed by atoms with van der Waals surface area (Å²) in [6.45, 7) is 2.20. The van der Waals surface area contributed by atoms with E-state index in [1.54, 1.807) is 17.8 Å². The Bertz CT molecular complexity index is 1110. The highest BCUT2D eigenvalue weighted by Crippen LogP contribution is 2.35. The van der Waals surface area contributed by atoms with Gasteiger partial charge in [0.2, 0.25) is 0 Å². The number of nitrogens with zero attached hydrogens (tertiary/aromatic N) is 2. The van der Waals surface area contributed by atoms with Crippen molar-refractivity contribution in [2.75, 3.05) is 0 Å². The molecule has 0 aliphatic carbocycles. The number of hydrogen-bond donors (Lipinski definition) is 0. The van der Waals surface area contributed by atoms with Gasteiger partial charge in [0.05, 0.1) is 5.69 Å². The van der Waals surface area contributed by atoms with Crippen LogP contribution in [0.15, 0.2) is 73.9 Å². The second kappa shape index (κ2) is 7.38. The van der Waals surface area contributed by atoms with E-state index in [9.17, 15) is 4.79 Å². The fourth-order valence-electron chi connectivity index (χ4n) is 3.11. The van der Waals surface area contributed by atoms with Gasteiger partial charge in [0, 0.05) is 22.5 Å². The highest BCUT2D eigenvalue weighted by atomic mass is 32.2. The van der Waals surface area contributed by atoms with E-state index in [-0.39, 0.29) is 5.63 Å². The molecule has 3 aromatic heterocycles. The molecular weight excluding hydrogens is 344 g/mol. The Morgan fingerprint density at radius 3 is 2.85 bits per heavy atom. The van der Waals surface area contributed by atoms with Gasteiger partial charge >= 0.3 is 5.63 Å². The van der Waals surface area contributed by atoms with Crippen LogP contribution >= 0.6 is 11.8 Å². The number of unbranched alkanes of at least 4 members (excludes halogenated alkanes) is 2. The minimum absolute atomic E-state index is 0.326. The Kier molecular flexibility index (Phi) is 4.80. The van der Waals surface area contributed by atoms with E-state index >= 15 is 0 Å². The summed E-state index contributed by atoms with van der Waals surface area (Å²) in [4.78, 5) is 17.7. The predicted octanol–water partition coefficient (Wildman–Crippen LogP) is 5.32. The molecule has 0 aliphatic rings. The summed E-state index contributed by atoms with van der Waals surface area (Å²) in [5, 5.41) is 2.02. The lowest BCUT2D eigenvalue weighted by molar-refractivity contribution is 0.557. The minimum atomic E-state index is -0.326. The summed E-state index contributed by atoms with van der Waals surface area (Å²) in [6, 6.07) is 15.3. The zero-order valence-corrected chi connectivity index (χ0v) is 15.5. The smallest absolute Gasteiger partial charge is 0.337 e. The largest absolute Gasteiger partial charge is 0.423 e. The van der Waals surface area contributed by atoms with Gasteiger partial charge in [0.15, 0.2) is 0 Å². The lowest BCUT2D eigenvalue weighted by Gasteiger charge is -2.07. The predicted molar refractivity (Wildman–Crippen MR) is 105 cm³/mol. The van der Waals surface area contributed by atoms with Gasteiger partial charge in [-0.2, -0.15) is 0 Å². The molecule has 4 aromatic rings. The van der Waals surface area contributed by atoms with E-state index in [2.05, 4.69) is 11.3 Å². The average molecular weight is 364 g/mol. The van der Waals surface area contributed by atoms with Crippen molar-refractivity contribution in [1.29, 1.82) is 0 Å². The van der Waals surface area contributed by atoms with Crippen LogP contribution in [0.3, 0.4) is 0 Å². The first-order valence-corrected chi connectivity index (χ1v) is 9.74. The average Bonchev–Trinajstić information content (AvgIpc) is 2.99. The van der Waals surface area contributed by atoms with Crippen molar-refractivity contribution in [2.45, 2.75) is 42.5 Å². The quantitative estimate of drug-likeness (QED) is 0.343. The van der Waals surface area contributed by atoms with Crippen LogP contribution in [0, 0.1) is 0 Å². The zero-order valence-electron chi connectivity index (χ0n) is 14.6.